The number of rotatable bonds is 3. The average molecular weight is 262 g/mol. The van der Waals surface area contributed by atoms with Crippen LogP contribution >= 0.6 is 0 Å². The van der Waals surface area contributed by atoms with Crippen LogP contribution in [0, 0.1) is 0 Å². The highest BCUT2D eigenvalue weighted by atomic mass is 16.5. The predicted octanol–water partition coefficient (Wildman–Crippen LogP) is 1.74. The van der Waals surface area contributed by atoms with Crippen LogP contribution in [-0.4, -0.2) is 25.0 Å². The first-order valence-corrected chi connectivity index (χ1v) is 6.42. The molecule has 0 radical (unpaired) electrons. The minimum atomic E-state index is -0.400. The van der Waals surface area contributed by atoms with Crippen molar-refractivity contribution in [2.24, 2.45) is 0 Å². The molecule has 1 heterocycles. The van der Waals surface area contributed by atoms with Crippen LogP contribution in [-0.2, 0) is 16.0 Å². The monoisotopic (exact) mass is 262 g/mol. The van der Waals surface area contributed by atoms with Gasteiger partial charge in [0.1, 0.15) is 0 Å². The third kappa shape index (κ3) is 2.41. The third-order valence-electron chi connectivity index (χ3n) is 3.25. The number of esters is 1. The lowest BCUT2D eigenvalue weighted by atomic mass is 10.0. The van der Waals surface area contributed by atoms with Crippen molar-refractivity contribution in [3.63, 3.8) is 0 Å². The smallest absolute Gasteiger partial charge is 0.340 e. The van der Waals surface area contributed by atoms with E-state index in [4.69, 9.17) is 10.5 Å². The van der Waals surface area contributed by atoms with Crippen molar-refractivity contribution < 1.29 is 14.3 Å². The van der Waals surface area contributed by atoms with Crippen molar-refractivity contribution in [2.45, 2.75) is 26.7 Å². The first kappa shape index (κ1) is 13.4. The van der Waals surface area contributed by atoms with Gasteiger partial charge in [-0.15, -0.1) is 0 Å². The van der Waals surface area contributed by atoms with E-state index in [9.17, 15) is 9.59 Å². The van der Waals surface area contributed by atoms with E-state index in [1.54, 1.807) is 17.0 Å². The summed E-state index contributed by atoms with van der Waals surface area (Å²) in [6.45, 7) is 4.45. The van der Waals surface area contributed by atoms with Crippen LogP contribution in [0.25, 0.3) is 0 Å². The molecule has 2 rings (SSSR count). The van der Waals surface area contributed by atoms with Crippen molar-refractivity contribution in [3.8, 4) is 0 Å². The molecule has 1 amide bonds. The molecule has 5 nitrogen and oxygen atoms in total. The zero-order valence-corrected chi connectivity index (χ0v) is 11.2. The molecule has 0 spiro atoms. The van der Waals surface area contributed by atoms with Crippen LogP contribution in [0.5, 0.6) is 0 Å². The van der Waals surface area contributed by atoms with E-state index in [1.807, 2.05) is 6.92 Å². The Morgan fingerprint density at radius 3 is 2.79 bits per heavy atom. The van der Waals surface area contributed by atoms with Gasteiger partial charge in [0.15, 0.2) is 0 Å². The van der Waals surface area contributed by atoms with Gasteiger partial charge in [-0.1, -0.05) is 6.92 Å². The maximum Gasteiger partial charge on any atom is 0.340 e. The van der Waals surface area contributed by atoms with Crippen LogP contribution in [0.2, 0.25) is 0 Å². The predicted molar refractivity (Wildman–Crippen MR) is 73.2 cm³/mol. The summed E-state index contributed by atoms with van der Waals surface area (Å²) in [5, 5.41) is 0. The lowest BCUT2D eigenvalue weighted by molar-refractivity contribution is -0.116. The summed E-state index contributed by atoms with van der Waals surface area (Å²) in [6.07, 6.45) is 1.45. The second-order valence-corrected chi connectivity index (χ2v) is 4.58. The Balaban J connectivity index is 2.32. The lowest BCUT2D eigenvalue weighted by Gasteiger charge is -2.16. The van der Waals surface area contributed by atoms with Crippen LogP contribution in [0.4, 0.5) is 11.4 Å². The van der Waals surface area contributed by atoms with Gasteiger partial charge in [-0.3, -0.25) is 4.79 Å². The Morgan fingerprint density at radius 1 is 1.42 bits per heavy atom. The molecule has 102 valence electrons. The fourth-order valence-electron chi connectivity index (χ4n) is 2.29. The van der Waals surface area contributed by atoms with Crippen LogP contribution in [0.3, 0.4) is 0 Å². The number of anilines is 2. The minimum absolute atomic E-state index is 0.0144. The van der Waals surface area contributed by atoms with Crippen LogP contribution in [0.1, 0.15) is 36.2 Å². The van der Waals surface area contributed by atoms with Crippen LogP contribution in [0.15, 0.2) is 12.1 Å². The number of nitrogens with two attached hydrogens (primary N) is 1. The van der Waals surface area contributed by atoms with Gasteiger partial charge in [-0.2, -0.15) is 0 Å². The van der Waals surface area contributed by atoms with E-state index in [0.29, 0.717) is 30.8 Å². The van der Waals surface area contributed by atoms with Gasteiger partial charge >= 0.3 is 5.97 Å². The number of hydrogen-bond donors (Lipinski definition) is 1. The van der Waals surface area contributed by atoms with Gasteiger partial charge in [-0.05, 0) is 25.0 Å². The molecule has 0 fully saturated rings. The second-order valence-electron chi connectivity index (χ2n) is 4.58. The number of carbonyl (C=O) groups excluding carboxylic acids is 2. The second kappa shape index (κ2) is 5.30. The SMILES string of the molecule is CCCOC(=O)c1ccc2c(c1N)CCN2C(C)=O. The first-order chi connectivity index (χ1) is 9.06. The molecule has 1 aliphatic heterocycles. The maximum atomic E-state index is 11.9. The van der Waals surface area contributed by atoms with Crippen molar-refractivity contribution in [2.75, 3.05) is 23.8 Å². The maximum absolute atomic E-state index is 11.9. The number of benzene rings is 1. The van der Waals surface area contributed by atoms with E-state index >= 15 is 0 Å². The summed E-state index contributed by atoms with van der Waals surface area (Å²) in [7, 11) is 0. The number of nitrogen functional groups attached to an aromatic ring is 1. The highest BCUT2D eigenvalue weighted by Gasteiger charge is 2.26. The quantitative estimate of drug-likeness (QED) is 0.665. The molecule has 0 saturated heterocycles. The van der Waals surface area contributed by atoms with Crippen molar-refractivity contribution in [1.82, 2.24) is 0 Å². The van der Waals surface area contributed by atoms with Gasteiger partial charge in [0.25, 0.3) is 0 Å². The molecule has 5 heteroatoms. The summed E-state index contributed by atoms with van der Waals surface area (Å²) in [6, 6.07) is 3.40. The van der Waals surface area contributed by atoms with Crippen molar-refractivity contribution in [3.05, 3.63) is 23.3 Å². The number of ether oxygens (including phenoxy) is 1. The van der Waals surface area contributed by atoms with E-state index in [2.05, 4.69) is 0 Å². The zero-order chi connectivity index (χ0) is 14.0. The standard InChI is InChI=1S/C14H18N2O3/c1-3-8-19-14(18)11-4-5-12-10(13(11)15)6-7-16(12)9(2)17/h4-5H,3,6-8,15H2,1-2H3. The number of carbonyl (C=O) groups is 2. The van der Waals surface area contributed by atoms with Crippen molar-refractivity contribution in [1.29, 1.82) is 0 Å². The fraction of sp³-hybridized carbons (Fsp3) is 0.429. The van der Waals surface area contributed by atoms with Gasteiger partial charge in [-0.25, -0.2) is 4.79 Å². The molecule has 2 N–H and O–H groups in total. The van der Waals surface area contributed by atoms with E-state index in [1.165, 1.54) is 6.92 Å². The topological polar surface area (TPSA) is 72.6 Å². The van der Waals surface area contributed by atoms with E-state index < -0.39 is 5.97 Å². The molecule has 0 aromatic heterocycles. The highest BCUT2D eigenvalue weighted by Crippen LogP contribution is 2.34. The van der Waals surface area contributed by atoms with Gasteiger partial charge in [0, 0.05) is 24.7 Å². The Hall–Kier alpha value is -2.04. The number of nitrogens with zero attached hydrogens (tertiary/aromatic N) is 1. The molecule has 1 aliphatic rings. The average Bonchev–Trinajstić information content (AvgIpc) is 2.81. The molecule has 0 saturated carbocycles. The van der Waals surface area contributed by atoms with Crippen molar-refractivity contribution >= 4 is 23.3 Å². The van der Waals surface area contributed by atoms with Gasteiger partial charge in [0.05, 0.1) is 17.9 Å². The van der Waals surface area contributed by atoms with Gasteiger partial charge in [0.2, 0.25) is 5.91 Å². The van der Waals surface area contributed by atoms with Gasteiger partial charge < -0.3 is 15.4 Å². The molecule has 0 atom stereocenters. The normalized spacial score (nSPS) is 13.3. The lowest BCUT2D eigenvalue weighted by Crippen LogP contribution is -2.25. The van der Waals surface area contributed by atoms with E-state index in [0.717, 1.165) is 17.7 Å². The summed E-state index contributed by atoms with van der Waals surface area (Å²) in [4.78, 5) is 25.0. The Kier molecular flexibility index (Phi) is 3.74. The number of hydrogen-bond acceptors (Lipinski definition) is 4. The summed E-state index contributed by atoms with van der Waals surface area (Å²) in [5.41, 5.74) is 8.52. The van der Waals surface area contributed by atoms with Crippen LogP contribution < -0.4 is 10.6 Å². The summed E-state index contributed by atoms with van der Waals surface area (Å²) < 4.78 is 5.09. The largest absolute Gasteiger partial charge is 0.462 e. The Labute approximate surface area is 112 Å². The summed E-state index contributed by atoms with van der Waals surface area (Å²) in [5.74, 6) is -0.414. The molecule has 0 unspecified atom stereocenters. The minimum Gasteiger partial charge on any atom is -0.462 e. The number of fused-ring (bicyclic) bond motifs is 1. The Morgan fingerprint density at radius 2 is 2.16 bits per heavy atom. The van der Waals surface area contributed by atoms with E-state index in [-0.39, 0.29) is 5.91 Å². The number of amides is 1. The molecule has 1 aromatic rings. The highest BCUT2D eigenvalue weighted by molar-refractivity contribution is 6.00. The molecule has 0 bridgehead atoms. The first-order valence-electron chi connectivity index (χ1n) is 6.42. The third-order valence-corrected chi connectivity index (χ3v) is 3.25. The Bertz CT molecular complexity index is 526. The molecule has 1 aromatic carbocycles. The zero-order valence-electron chi connectivity index (χ0n) is 11.2. The molecule has 19 heavy (non-hydrogen) atoms. The molecular weight excluding hydrogens is 244 g/mol. The summed E-state index contributed by atoms with van der Waals surface area (Å²) >= 11 is 0. The fourth-order valence-corrected chi connectivity index (χ4v) is 2.29. The molecular formula is C14H18N2O3. The molecule has 0 aliphatic carbocycles.